The second-order valence-corrected chi connectivity index (χ2v) is 9.23. The summed E-state index contributed by atoms with van der Waals surface area (Å²) in [5.41, 5.74) is 4.70. The van der Waals surface area contributed by atoms with Crippen LogP contribution in [0.4, 0.5) is 0 Å². The highest BCUT2D eigenvalue weighted by Gasteiger charge is 2.34. The van der Waals surface area contributed by atoms with Gasteiger partial charge in [0.15, 0.2) is 5.76 Å². The number of hydrogen-bond donors (Lipinski definition) is 0. The highest BCUT2D eigenvalue weighted by molar-refractivity contribution is 6.30. The highest BCUT2D eigenvalue weighted by atomic mass is 35.5. The predicted molar refractivity (Wildman–Crippen MR) is 122 cm³/mol. The molecule has 0 radical (unpaired) electrons. The Morgan fingerprint density at radius 2 is 1.84 bits per heavy atom. The first-order valence-electron chi connectivity index (χ1n) is 10.2. The number of carbonyl (C=O) groups excluding carboxylic acids is 1. The van der Waals surface area contributed by atoms with E-state index in [0.29, 0.717) is 10.8 Å². The van der Waals surface area contributed by atoms with Crippen LogP contribution in [0.2, 0.25) is 5.02 Å². The van der Waals surface area contributed by atoms with Gasteiger partial charge in [-0.2, -0.15) is 0 Å². The maximum atomic E-state index is 13.0. The molecular formula is C25H25ClN2O3. The van der Waals surface area contributed by atoms with Crippen LogP contribution in [0.15, 0.2) is 52.0 Å². The number of ketones is 1. The lowest BCUT2D eigenvalue weighted by Gasteiger charge is -2.19. The number of rotatable bonds is 4. The molecule has 2 aromatic carbocycles. The fourth-order valence-electron chi connectivity index (χ4n) is 3.75. The first-order valence-corrected chi connectivity index (χ1v) is 10.6. The van der Waals surface area contributed by atoms with E-state index < -0.39 is 11.5 Å². The zero-order chi connectivity index (χ0) is 22.3. The first-order chi connectivity index (χ1) is 14.7. The maximum absolute atomic E-state index is 13.0. The van der Waals surface area contributed by atoms with Crippen LogP contribution in [0.1, 0.15) is 55.8 Å². The molecule has 0 unspecified atom stereocenters. The Hall–Kier alpha value is -2.92. The largest absolute Gasteiger partial charge is 0.497 e. The molecule has 0 bridgehead atoms. The average molecular weight is 437 g/mol. The molecule has 0 fully saturated rings. The van der Waals surface area contributed by atoms with E-state index in [1.54, 1.807) is 7.11 Å². The number of ether oxygens (including phenoxy) is 1. The van der Waals surface area contributed by atoms with Gasteiger partial charge in [0.1, 0.15) is 17.6 Å². The summed E-state index contributed by atoms with van der Waals surface area (Å²) in [5, 5.41) is 4.85. The molecule has 0 saturated heterocycles. The minimum absolute atomic E-state index is 0.111. The second kappa shape index (κ2) is 7.97. The standard InChI is InChI=1S/C25H25ClN2O3/c1-14-22-18-11-10-17(30-5)12-19(18)23(15-6-8-16(26)9-7-15)27-20(24(22)31-28-14)13-21(29)25(2,3)4/h6-12,20H,13H2,1-5H3/t20-/m0/s1. The minimum atomic E-state index is -0.480. The van der Waals surface area contributed by atoms with E-state index in [-0.39, 0.29) is 12.2 Å². The molecule has 0 amide bonds. The molecule has 0 N–H and O–H groups in total. The Kier molecular flexibility index (Phi) is 5.48. The van der Waals surface area contributed by atoms with Gasteiger partial charge in [-0.05, 0) is 42.8 Å². The molecule has 1 aliphatic rings. The number of aryl methyl sites for hydroxylation is 1. The summed E-state index contributed by atoms with van der Waals surface area (Å²) in [4.78, 5) is 18.0. The van der Waals surface area contributed by atoms with Gasteiger partial charge in [-0.1, -0.05) is 49.7 Å². The molecule has 31 heavy (non-hydrogen) atoms. The molecule has 0 saturated carbocycles. The Morgan fingerprint density at radius 3 is 2.48 bits per heavy atom. The van der Waals surface area contributed by atoms with E-state index in [1.165, 1.54) is 0 Å². The van der Waals surface area contributed by atoms with Gasteiger partial charge < -0.3 is 9.26 Å². The van der Waals surface area contributed by atoms with Gasteiger partial charge in [-0.3, -0.25) is 9.79 Å². The lowest BCUT2D eigenvalue weighted by molar-refractivity contribution is -0.126. The smallest absolute Gasteiger partial charge is 0.169 e. The van der Waals surface area contributed by atoms with E-state index in [9.17, 15) is 4.79 Å². The van der Waals surface area contributed by atoms with Crippen LogP contribution in [0, 0.1) is 12.3 Å². The molecule has 1 aliphatic heterocycles. The van der Waals surface area contributed by atoms with Crippen molar-refractivity contribution in [2.45, 2.75) is 40.2 Å². The summed E-state index contributed by atoms with van der Waals surface area (Å²) >= 11 is 6.13. The Labute approximate surface area is 187 Å². The van der Waals surface area contributed by atoms with Gasteiger partial charge in [0.2, 0.25) is 0 Å². The molecule has 0 aliphatic carbocycles. The topological polar surface area (TPSA) is 64.7 Å². The molecule has 5 nitrogen and oxygen atoms in total. The minimum Gasteiger partial charge on any atom is -0.497 e. The number of carbonyl (C=O) groups is 1. The van der Waals surface area contributed by atoms with Crippen molar-refractivity contribution >= 4 is 23.1 Å². The number of methoxy groups -OCH3 is 1. The molecule has 6 heteroatoms. The van der Waals surface area contributed by atoms with Crippen LogP contribution < -0.4 is 4.74 Å². The maximum Gasteiger partial charge on any atom is 0.169 e. The van der Waals surface area contributed by atoms with E-state index in [4.69, 9.17) is 25.9 Å². The van der Waals surface area contributed by atoms with Crippen LogP contribution in [0.5, 0.6) is 5.75 Å². The summed E-state index contributed by atoms with van der Waals surface area (Å²) in [6.07, 6.45) is 0.230. The highest BCUT2D eigenvalue weighted by Crippen LogP contribution is 2.42. The summed E-state index contributed by atoms with van der Waals surface area (Å²) in [6, 6.07) is 12.9. The van der Waals surface area contributed by atoms with Crippen molar-refractivity contribution in [2.24, 2.45) is 10.4 Å². The van der Waals surface area contributed by atoms with Crippen LogP contribution >= 0.6 is 11.6 Å². The number of Topliss-reactive ketones (excluding diaryl/α,β-unsaturated/α-hetero) is 1. The summed E-state index contributed by atoms with van der Waals surface area (Å²) in [5.74, 6) is 1.45. The van der Waals surface area contributed by atoms with Crippen LogP contribution in [0.3, 0.4) is 0 Å². The summed E-state index contributed by atoms with van der Waals surface area (Å²) < 4.78 is 11.2. The van der Waals surface area contributed by atoms with Gasteiger partial charge in [0.05, 0.1) is 24.1 Å². The summed E-state index contributed by atoms with van der Waals surface area (Å²) in [7, 11) is 1.64. The fourth-order valence-corrected chi connectivity index (χ4v) is 3.87. The van der Waals surface area contributed by atoms with Crippen molar-refractivity contribution in [3.05, 3.63) is 70.1 Å². The first kappa shape index (κ1) is 21.3. The average Bonchev–Trinajstić information content (AvgIpc) is 3.05. The number of fused-ring (bicyclic) bond motifs is 3. The third kappa shape index (κ3) is 4.02. The Morgan fingerprint density at radius 1 is 1.13 bits per heavy atom. The van der Waals surface area contributed by atoms with Gasteiger partial charge in [-0.25, -0.2) is 0 Å². The summed E-state index contributed by atoms with van der Waals surface area (Å²) in [6.45, 7) is 7.66. The Bertz CT molecular complexity index is 1170. The van der Waals surface area contributed by atoms with Gasteiger partial charge in [0.25, 0.3) is 0 Å². The van der Waals surface area contributed by atoms with Crippen LogP contribution in [-0.2, 0) is 4.79 Å². The van der Waals surface area contributed by atoms with E-state index in [0.717, 1.165) is 39.4 Å². The van der Waals surface area contributed by atoms with Crippen molar-refractivity contribution in [2.75, 3.05) is 7.11 Å². The number of hydrogen-bond acceptors (Lipinski definition) is 5. The normalized spacial score (nSPS) is 15.5. The SMILES string of the molecule is COc1ccc2c(c1)C(c1ccc(Cl)cc1)=N[C@@H](CC(=O)C(C)(C)C)c1onc(C)c1-2. The zero-order valence-electron chi connectivity index (χ0n) is 18.3. The van der Waals surface area contributed by atoms with Crippen molar-refractivity contribution < 1.29 is 14.1 Å². The fraction of sp³-hybridized carbons (Fsp3) is 0.320. The number of nitrogens with zero attached hydrogens (tertiary/aromatic N) is 2. The monoisotopic (exact) mass is 436 g/mol. The third-order valence-corrected chi connectivity index (χ3v) is 5.81. The number of aromatic nitrogens is 1. The quantitative estimate of drug-likeness (QED) is 0.487. The third-order valence-electron chi connectivity index (χ3n) is 5.56. The van der Waals surface area contributed by atoms with E-state index >= 15 is 0 Å². The van der Waals surface area contributed by atoms with Gasteiger partial charge >= 0.3 is 0 Å². The second-order valence-electron chi connectivity index (χ2n) is 8.80. The number of aliphatic imine (C=N–C) groups is 1. The van der Waals surface area contributed by atoms with Crippen molar-refractivity contribution in [1.29, 1.82) is 0 Å². The lowest BCUT2D eigenvalue weighted by atomic mass is 9.86. The Balaban J connectivity index is 1.97. The molecule has 0 spiro atoms. The molecule has 3 aromatic rings. The van der Waals surface area contributed by atoms with Crippen LogP contribution in [0.25, 0.3) is 11.1 Å². The van der Waals surface area contributed by atoms with Crippen molar-refractivity contribution in [1.82, 2.24) is 5.16 Å². The number of halogens is 1. The van der Waals surface area contributed by atoms with Gasteiger partial charge in [-0.15, -0.1) is 0 Å². The van der Waals surface area contributed by atoms with Crippen molar-refractivity contribution in [3.8, 4) is 16.9 Å². The predicted octanol–water partition coefficient (Wildman–Crippen LogP) is 6.21. The van der Waals surface area contributed by atoms with Crippen molar-refractivity contribution in [3.63, 3.8) is 0 Å². The molecule has 4 rings (SSSR count). The molecule has 2 heterocycles. The molecule has 1 aromatic heterocycles. The van der Waals surface area contributed by atoms with E-state index in [2.05, 4.69) is 5.16 Å². The van der Waals surface area contributed by atoms with Gasteiger partial charge in [0, 0.05) is 28.0 Å². The lowest BCUT2D eigenvalue weighted by Crippen LogP contribution is -2.22. The molecule has 1 atom stereocenters. The molecular weight excluding hydrogens is 412 g/mol. The molecule has 160 valence electrons. The zero-order valence-corrected chi connectivity index (χ0v) is 19.1. The van der Waals surface area contributed by atoms with Crippen LogP contribution in [-0.4, -0.2) is 23.8 Å². The van der Waals surface area contributed by atoms with E-state index in [1.807, 2.05) is 70.2 Å². The number of benzene rings is 2.